The van der Waals surface area contributed by atoms with Gasteiger partial charge in [0.15, 0.2) is 0 Å². The number of likely N-dealkylation sites (N-methyl/N-ethyl adjacent to an activating group) is 1. The highest BCUT2D eigenvalue weighted by Crippen LogP contribution is 2.26. The van der Waals surface area contributed by atoms with Gasteiger partial charge in [0.1, 0.15) is 59.7 Å². The van der Waals surface area contributed by atoms with E-state index in [0.29, 0.717) is 18.9 Å². The molecule has 320 valence electrons. The number of esters is 1. The fourth-order valence-corrected chi connectivity index (χ4v) is 7.19. The summed E-state index contributed by atoms with van der Waals surface area (Å²) in [6.07, 6.45) is -5.89. The number of nitrogens with zero attached hydrogens (tertiary/aromatic N) is 3. The molecule has 3 aliphatic rings. The van der Waals surface area contributed by atoms with Crippen molar-refractivity contribution in [2.24, 2.45) is 0 Å². The molecule has 0 bridgehead atoms. The van der Waals surface area contributed by atoms with Crippen LogP contribution in [0, 0.1) is 11.6 Å². The predicted octanol–water partition coefficient (Wildman–Crippen LogP) is 2.36. The molecule has 0 saturated carbocycles. The monoisotopic (exact) mass is 837 g/mol. The highest BCUT2D eigenvalue weighted by Gasteiger charge is 2.45. The molecule has 5 rings (SSSR count). The van der Waals surface area contributed by atoms with Crippen LogP contribution in [0.4, 0.5) is 32.4 Å². The summed E-state index contributed by atoms with van der Waals surface area (Å²) in [5.74, 6) is -7.37. The number of halogens is 5. The Morgan fingerprint density at radius 1 is 0.881 bits per heavy atom. The lowest BCUT2D eigenvalue weighted by atomic mass is 10.0. The zero-order valence-electron chi connectivity index (χ0n) is 32.4. The molecule has 0 radical (unpaired) electrons. The average molecular weight is 838 g/mol. The zero-order valence-corrected chi connectivity index (χ0v) is 32.4. The van der Waals surface area contributed by atoms with Crippen molar-refractivity contribution in [3.8, 4) is 5.75 Å². The number of carbonyl (C=O) groups excluding carboxylic acids is 7. The van der Waals surface area contributed by atoms with Crippen molar-refractivity contribution < 1.29 is 65.0 Å². The molecule has 59 heavy (non-hydrogen) atoms. The van der Waals surface area contributed by atoms with Crippen molar-refractivity contribution in [1.29, 1.82) is 0 Å². The summed E-state index contributed by atoms with van der Waals surface area (Å²) >= 11 is 0. The van der Waals surface area contributed by atoms with Crippen LogP contribution < -0.4 is 26.0 Å². The molecule has 7 amide bonds. The molecule has 3 saturated heterocycles. The van der Waals surface area contributed by atoms with Gasteiger partial charge >= 0.3 is 18.4 Å². The Balaban J connectivity index is 1.46. The smallest absolute Gasteiger partial charge is 0.458 e. The number of rotatable bonds is 7. The third kappa shape index (κ3) is 10.9. The maximum Gasteiger partial charge on any atom is 0.573 e. The predicted molar refractivity (Wildman–Crippen MR) is 196 cm³/mol. The summed E-state index contributed by atoms with van der Waals surface area (Å²) in [5, 5.41) is 9.76. The van der Waals surface area contributed by atoms with Crippen LogP contribution in [0.2, 0.25) is 0 Å². The number of anilines is 1. The highest BCUT2D eigenvalue weighted by atomic mass is 19.4. The first kappa shape index (κ1) is 44.1. The summed E-state index contributed by atoms with van der Waals surface area (Å²) < 4.78 is 76.0. The topological polar surface area (TPSA) is 196 Å². The second-order valence-corrected chi connectivity index (χ2v) is 14.6. The summed E-state index contributed by atoms with van der Waals surface area (Å²) in [4.78, 5) is 99.6. The lowest BCUT2D eigenvalue weighted by Crippen LogP contribution is -2.62. The molecule has 7 atom stereocenters. The van der Waals surface area contributed by atoms with E-state index in [-0.39, 0.29) is 37.2 Å². The molecule has 0 aliphatic carbocycles. The lowest BCUT2D eigenvalue weighted by Gasteiger charge is -2.36. The van der Waals surface area contributed by atoms with Crippen LogP contribution in [0.3, 0.4) is 0 Å². The van der Waals surface area contributed by atoms with E-state index in [4.69, 9.17) is 4.74 Å². The van der Waals surface area contributed by atoms with Crippen molar-refractivity contribution in [3.05, 3.63) is 59.7 Å². The van der Waals surface area contributed by atoms with Gasteiger partial charge in [-0.15, -0.1) is 13.2 Å². The summed E-state index contributed by atoms with van der Waals surface area (Å²) in [6, 6.07) is -2.58. The maximum atomic E-state index is 14.5. The second-order valence-electron chi connectivity index (χ2n) is 14.6. The minimum Gasteiger partial charge on any atom is -0.458 e. The Morgan fingerprint density at radius 2 is 1.47 bits per heavy atom. The minimum absolute atomic E-state index is 0.0259. The van der Waals surface area contributed by atoms with E-state index < -0.39 is 114 Å². The number of alkyl halides is 3. The van der Waals surface area contributed by atoms with E-state index in [9.17, 15) is 55.5 Å². The number of hydrogen-bond acceptors (Lipinski definition) is 9. The van der Waals surface area contributed by atoms with Crippen molar-refractivity contribution in [1.82, 2.24) is 30.7 Å². The Morgan fingerprint density at radius 3 is 2.08 bits per heavy atom. The van der Waals surface area contributed by atoms with E-state index in [2.05, 4.69) is 26.0 Å². The van der Waals surface area contributed by atoms with E-state index >= 15 is 0 Å². The van der Waals surface area contributed by atoms with Crippen molar-refractivity contribution >= 4 is 47.2 Å². The van der Waals surface area contributed by atoms with Crippen LogP contribution in [-0.4, -0.2) is 125 Å². The number of amides is 7. The number of hydrogen-bond donors (Lipinski definition) is 4. The van der Waals surface area contributed by atoms with Gasteiger partial charge in [-0.3, -0.25) is 24.0 Å². The third-order valence-corrected chi connectivity index (χ3v) is 10.3. The molecular weight excluding hydrogens is 793 g/mol. The molecule has 4 N–H and O–H groups in total. The van der Waals surface area contributed by atoms with Crippen LogP contribution in [0.25, 0.3) is 0 Å². The van der Waals surface area contributed by atoms with E-state index in [0.717, 1.165) is 41.3 Å². The summed E-state index contributed by atoms with van der Waals surface area (Å²) in [5.41, 5.74) is -0.149. The molecule has 21 heteroatoms. The molecule has 0 aromatic heterocycles. The van der Waals surface area contributed by atoms with Crippen LogP contribution in [0.15, 0.2) is 42.5 Å². The fraction of sp³-hybridized carbons (Fsp3) is 0.500. The summed E-state index contributed by atoms with van der Waals surface area (Å²) in [7, 11) is 1.37. The molecule has 2 aromatic carbocycles. The van der Waals surface area contributed by atoms with Gasteiger partial charge in [-0.1, -0.05) is 0 Å². The van der Waals surface area contributed by atoms with Gasteiger partial charge in [-0.05, 0) is 88.4 Å². The Bertz CT molecular complexity index is 1930. The number of nitrogens with one attached hydrogen (secondary N) is 4. The van der Waals surface area contributed by atoms with Crippen molar-refractivity contribution in [3.63, 3.8) is 0 Å². The maximum absolute atomic E-state index is 14.5. The number of fused-ring (bicyclic) bond motifs is 2. The quantitative estimate of drug-likeness (QED) is 0.239. The lowest BCUT2D eigenvalue weighted by molar-refractivity contribution is -0.274. The van der Waals surface area contributed by atoms with E-state index in [1.807, 2.05) is 0 Å². The zero-order chi connectivity index (χ0) is 43.3. The minimum atomic E-state index is -4.97. The van der Waals surface area contributed by atoms with Gasteiger partial charge in [0.2, 0.25) is 29.5 Å². The first-order valence-electron chi connectivity index (χ1n) is 18.8. The number of carbonyl (C=O) groups is 7. The van der Waals surface area contributed by atoms with Gasteiger partial charge in [0.25, 0.3) is 0 Å². The van der Waals surface area contributed by atoms with Gasteiger partial charge in [0.05, 0.1) is 0 Å². The highest BCUT2D eigenvalue weighted by molar-refractivity contribution is 5.98. The van der Waals surface area contributed by atoms with Gasteiger partial charge < -0.3 is 45.4 Å². The van der Waals surface area contributed by atoms with Crippen LogP contribution in [-0.2, 0) is 39.9 Å². The molecular formula is C38H44F5N7O9. The van der Waals surface area contributed by atoms with Gasteiger partial charge in [-0.2, -0.15) is 0 Å². The van der Waals surface area contributed by atoms with E-state index in [1.54, 1.807) is 0 Å². The molecule has 3 aliphatic heterocycles. The third-order valence-electron chi connectivity index (χ3n) is 10.3. The fourth-order valence-electron chi connectivity index (χ4n) is 7.19. The molecule has 0 spiro atoms. The van der Waals surface area contributed by atoms with Gasteiger partial charge in [-0.25, -0.2) is 18.4 Å². The number of benzene rings is 2. The number of cyclic esters (lactones) is 1. The largest absolute Gasteiger partial charge is 0.573 e. The first-order valence-corrected chi connectivity index (χ1v) is 18.8. The van der Waals surface area contributed by atoms with Crippen LogP contribution >= 0.6 is 0 Å². The number of urea groups is 1. The van der Waals surface area contributed by atoms with Crippen LogP contribution in [0.5, 0.6) is 5.75 Å². The summed E-state index contributed by atoms with van der Waals surface area (Å²) in [6.45, 7) is 4.37. The van der Waals surface area contributed by atoms with E-state index in [1.165, 1.54) is 37.6 Å². The van der Waals surface area contributed by atoms with Crippen molar-refractivity contribution in [2.75, 3.05) is 25.5 Å². The second kappa shape index (κ2) is 18.3. The SMILES string of the molecule is C[C@@H]1NC(=O)[C@H](C)N(C)C(=O)[C@@H]2CCCN2C(=O)[C@@H](NC(=O)[C@H](Cc2cc(F)cc(F)c2)NC(=O)Nc2ccc(OC(F)(F)F)cc2)[C@H](C)OC(=O)[C@@H]2CCCN2C1=O. The van der Waals surface area contributed by atoms with Crippen molar-refractivity contribution in [2.45, 2.75) is 102 Å². The Labute approximate surface area is 335 Å². The molecule has 2 aromatic rings. The molecule has 16 nitrogen and oxygen atoms in total. The molecule has 0 unspecified atom stereocenters. The first-order chi connectivity index (χ1) is 27.7. The standard InChI is InChI=1S/C38H44F5N7O9/c1-19-33(53)50-14-6-8-29(50)36(56)58-21(3)30(35(55)49-13-5-7-28(49)34(54)48(4)20(2)31(51)44-19)47-32(52)27(17-22-15-23(39)18-24(40)16-22)46-37(57)45-25-9-11-26(12-10-25)59-38(41,42)43/h9-12,15-16,18-21,27-30H,5-8,13-14,17H2,1-4H3,(H,44,51)(H,47,52)(H2,45,46,57)/t19-,20-,21-,27-,28-,29-,30-/m0/s1. The molecule has 3 heterocycles. The normalized spacial score (nSPS) is 25.1. The van der Waals surface area contributed by atoms with Gasteiger partial charge in [0, 0.05) is 38.3 Å². The number of ether oxygens (including phenoxy) is 2. The Hall–Kier alpha value is -6.02. The average Bonchev–Trinajstić information content (AvgIpc) is 3.86. The van der Waals surface area contributed by atoms with Crippen LogP contribution in [0.1, 0.15) is 52.0 Å². The Kier molecular flexibility index (Phi) is 13.7. The molecule has 3 fully saturated rings.